The van der Waals surface area contributed by atoms with E-state index in [2.05, 4.69) is 34.2 Å². The van der Waals surface area contributed by atoms with Crippen LogP contribution in [0.2, 0.25) is 0 Å². The lowest BCUT2D eigenvalue weighted by Gasteiger charge is -2.31. The second-order valence-electron chi connectivity index (χ2n) is 9.06. The van der Waals surface area contributed by atoms with Crippen molar-refractivity contribution in [1.29, 1.82) is 0 Å². The van der Waals surface area contributed by atoms with Crippen molar-refractivity contribution in [3.8, 4) is 11.5 Å². The maximum atomic E-state index is 12.7. The highest BCUT2D eigenvalue weighted by molar-refractivity contribution is 5.78. The monoisotopic (exact) mass is 440 g/mol. The number of piperidine rings is 1. The van der Waals surface area contributed by atoms with Gasteiger partial charge in [-0.3, -0.25) is 14.6 Å². The van der Waals surface area contributed by atoms with Gasteiger partial charge in [0, 0.05) is 38.3 Å². The van der Waals surface area contributed by atoms with Crippen molar-refractivity contribution in [2.24, 2.45) is 5.92 Å². The highest BCUT2D eigenvalue weighted by Gasteiger charge is 2.27. The molecule has 1 amide bonds. The number of likely N-dealkylation sites (tertiary alicyclic amines) is 1. The Bertz CT molecular complexity index is 891. The molecular weight excluding hydrogens is 404 g/mol. The van der Waals surface area contributed by atoms with Crippen LogP contribution in [0.3, 0.4) is 0 Å². The Kier molecular flexibility index (Phi) is 7.95. The molecule has 0 aliphatic carbocycles. The van der Waals surface area contributed by atoms with Gasteiger partial charge in [-0.25, -0.2) is 4.98 Å². The topological polar surface area (TPSA) is 70.8 Å². The lowest BCUT2D eigenvalue weighted by atomic mass is 9.97. The Hall–Kier alpha value is -2.22. The van der Waals surface area contributed by atoms with Gasteiger partial charge in [0.1, 0.15) is 5.76 Å². The number of oxazole rings is 1. The van der Waals surface area contributed by atoms with Gasteiger partial charge in [-0.05, 0) is 58.3 Å². The fraction of sp³-hybridized carbons (Fsp3) is 0.600. The Morgan fingerprint density at radius 1 is 1.19 bits per heavy atom. The number of hydrogen-bond donors (Lipinski definition) is 1. The first kappa shape index (κ1) is 23.0. The normalized spacial score (nSPS) is 20.4. The van der Waals surface area contributed by atoms with Gasteiger partial charge in [-0.2, -0.15) is 0 Å². The number of nitrogens with zero attached hydrogens (tertiary/aromatic N) is 3. The average molecular weight is 441 g/mol. The molecule has 0 saturated carbocycles. The first-order valence-electron chi connectivity index (χ1n) is 11.9. The van der Waals surface area contributed by atoms with Crippen molar-refractivity contribution in [2.45, 2.75) is 39.7 Å². The van der Waals surface area contributed by atoms with Gasteiger partial charge >= 0.3 is 0 Å². The van der Waals surface area contributed by atoms with E-state index in [1.54, 1.807) is 0 Å². The van der Waals surface area contributed by atoms with Crippen LogP contribution in [0.5, 0.6) is 0 Å². The lowest BCUT2D eigenvalue weighted by Crippen LogP contribution is -2.43. The first-order valence-corrected chi connectivity index (χ1v) is 11.9. The molecule has 0 spiro atoms. The fourth-order valence-corrected chi connectivity index (χ4v) is 4.58. The molecule has 2 saturated heterocycles. The third-order valence-corrected chi connectivity index (χ3v) is 6.46. The van der Waals surface area contributed by atoms with Gasteiger partial charge in [-0.1, -0.05) is 17.7 Å². The molecule has 7 heteroatoms. The van der Waals surface area contributed by atoms with Crippen molar-refractivity contribution in [3.63, 3.8) is 0 Å². The minimum Gasteiger partial charge on any atom is -0.441 e. The number of hydrogen-bond acceptors (Lipinski definition) is 6. The van der Waals surface area contributed by atoms with E-state index in [1.165, 1.54) is 5.56 Å². The average Bonchev–Trinajstić information content (AvgIpc) is 3.17. The van der Waals surface area contributed by atoms with Crippen molar-refractivity contribution in [1.82, 2.24) is 20.1 Å². The van der Waals surface area contributed by atoms with Crippen LogP contribution in [0.25, 0.3) is 11.5 Å². The number of rotatable bonds is 8. The number of amides is 1. The fourth-order valence-electron chi connectivity index (χ4n) is 4.58. The van der Waals surface area contributed by atoms with Crippen LogP contribution < -0.4 is 5.32 Å². The Morgan fingerprint density at radius 2 is 2.03 bits per heavy atom. The summed E-state index contributed by atoms with van der Waals surface area (Å²) in [6, 6.07) is 8.22. The number of aryl methyl sites for hydroxylation is 2. The molecule has 1 atom stereocenters. The maximum absolute atomic E-state index is 12.7. The van der Waals surface area contributed by atoms with E-state index in [0.717, 1.165) is 95.3 Å². The van der Waals surface area contributed by atoms with Gasteiger partial charge < -0.3 is 14.5 Å². The molecule has 1 N–H and O–H groups in total. The summed E-state index contributed by atoms with van der Waals surface area (Å²) in [5, 5.41) is 3.16. The molecule has 1 aromatic carbocycles. The molecule has 32 heavy (non-hydrogen) atoms. The minimum atomic E-state index is 0.0515. The van der Waals surface area contributed by atoms with E-state index in [4.69, 9.17) is 14.1 Å². The number of benzene rings is 1. The van der Waals surface area contributed by atoms with Crippen LogP contribution in [-0.2, 0) is 16.1 Å². The third-order valence-electron chi connectivity index (χ3n) is 6.46. The van der Waals surface area contributed by atoms with Crippen LogP contribution in [-0.4, -0.2) is 73.2 Å². The van der Waals surface area contributed by atoms with E-state index >= 15 is 0 Å². The number of carbonyl (C=O) groups is 1. The lowest BCUT2D eigenvalue weighted by molar-refractivity contribution is -0.126. The van der Waals surface area contributed by atoms with Crippen molar-refractivity contribution in [2.75, 3.05) is 52.5 Å². The highest BCUT2D eigenvalue weighted by atomic mass is 16.5. The maximum Gasteiger partial charge on any atom is 0.226 e. The van der Waals surface area contributed by atoms with Crippen LogP contribution in [0.1, 0.15) is 36.3 Å². The van der Waals surface area contributed by atoms with Crippen LogP contribution in [0.4, 0.5) is 0 Å². The zero-order valence-electron chi connectivity index (χ0n) is 19.4. The largest absolute Gasteiger partial charge is 0.441 e. The van der Waals surface area contributed by atoms with Gasteiger partial charge in [0.25, 0.3) is 0 Å². The summed E-state index contributed by atoms with van der Waals surface area (Å²) in [5.41, 5.74) is 3.16. The third kappa shape index (κ3) is 6.18. The van der Waals surface area contributed by atoms with Crippen LogP contribution >= 0.6 is 0 Å². The van der Waals surface area contributed by atoms with Crippen molar-refractivity contribution < 1.29 is 13.9 Å². The SMILES string of the molecule is Cc1cccc(-c2nc(CN3CCCC(C(=O)NCCCN4CCOCC4)C3)c(C)o2)c1. The summed E-state index contributed by atoms with van der Waals surface area (Å²) in [6.45, 7) is 12.0. The molecule has 2 aromatic rings. The molecule has 1 unspecified atom stereocenters. The number of carbonyl (C=O) groups excluding carboxylic acids is 1. The van der Waals surface area contributed by atoms with E-state index in [9.17, 15) is 4.79 Å². The molecule has 3 heterocycles. The Labute approximate surface area is 191 Å². The molecule has 0 radical (unpaired) electrons. The van der Waals surface area contributed by atoms with E-state index < -0.39 is 0 Å². The number of nitrogens with one attached hydrogen (secondary N) is 1. The minimum absolute atomic E-state index is 0.0515. The quantitative estimate of drug-likeness (QED) is 0.637. The van der Waals surface area contributed by atoms with Crippen molar-refractivity contribution in [3.05, 3.63) is 41.3 Å². The first-order chi connectivity index (χ1) is 15.6. The van der Waals surface area contributed by atoms with E-state index in [0.29, 0.717) is 5.89 Å². The summed E-state index contributed by atoms with van der Waals surface area (Å²) < 4.78 is 11.3. The van der Waals surface area contributed by atoms with Crippen LogP contribution in [0, 0.1) is 19.8 Å². The molecule has 7 nitrogen and oxygen atoms in total. The molecule has 174 valence electrons. The summed E-state index contributed by atoms with van der Waals surface area (Å²) in [6.07, 6.45) is 2.98. The summed E-state index contributed by atoms with van der Waals surface area (Å²) >= 11 is 0. The van der Waals surface area contributed by atoms with Gasteiger partial charge in [0.05, 0.1) is 24.8 Å². The molecule has 2 fully saturated rings. The predicted octanol–water partition coefficient (Wildman–Crippen LogP) is 3.01. The summed E-state index contributed by atoms with van der Waals surface area (Å²) in [5.74, 6) is 1.77. The van der Waals surface area contributed by atoms with Crippen LogP contribution in [0.15, 0.2) is 28.7 Å². The molecule has 1 aromatic heterocycles. The second-order valence-corrected chi connectivity index (χ2v) is 9.06. The number of morpholine rings is 1. The number of aromatic nitrogens is 1. The van der Waals surface area contributed by atoms with Gasteiger partial charge in [0.2, 0.25) is 11.8 Å². The summed E-state index contributed by atoms with van der Waals surface area (Å²) in [4.78, 5) is 22.2. The molecular formula is C25H36N4O3. The van der Waals surface area contributed by atoms with Gasteiger partial charge in [-0.15, -0.1) is 0 Å². The molecule has 2 aliphatic rings. The second kappa shape index (κ2) is 11.1. The smallest absolute Gasteiger partial charge is 0.226 e. The Morgan fingerprint density at radius 3 is 2.84 bits per heavy atom. The number of ether oxygens (including phenoxy) is 1. The van der Waals surface area contributed by atoms with Crippen molar-refractivity contribution >= 4 is 5.91 Å². The molecule has 2 aliphatic heterocycles. The Balaban J connectivity index is 1.25. The zero-order valence-corrected chi connectivity index (χ0v) is 19.4. The van der Waals surface area contributed by atoms with E-state index in [-0.39, 0.29) is 11.8 Å². The van der Waals surface area contributed by atoms with Gasteiger partial charge in [0.15, 0.2) is 0 Å². The van der Waals surface area contributed by atoms with E-state index in [1.807, 2.05) is 19.1 Å². The molecule has 0 bridgehead atoms. The summed E-state index contributed by atoms with van der Waals surface area (Å²) in [7, 11) is 0. The highest BCUT2D eigenvalue weighted by Crippen LogP contribution is 2.25. The predicted molar refractivity (Wildman–Crippen MR) is 124 cm³/mol. The zero-order chi connectivity index (χ0) is 22.3. The standard InChI is InChI=1S/C25H36N4O3/c1-19-6-3-7-21(16-19)25-27-23(20(2)32-25)18-29-10-4-8-22(17-29)24(30)26-9-5-11-28-12-14-31-15-13-28/h3,6-7,16,22H,4-5,8-15,17-18H2,1-2H3,(H,26,30). The molecule has 4 rings (SSSR count).